The summed E-state index contributed by atoms with van der Waals surface area (Å²) in [5, 5.41) is 13.5. The van der Waals surface area contributed by atoms with E-state index in [0.29, 0.717) is 12.1 Å². The van der Waals surface area contributed by atoms with Crippen molar-refractivity contribution in [3.63, 3.8) is 0 Å². The Labute approximate surface area is 143 Å². The molecule has 2 heterocycles. The number of amides is 1. The lowest BCUT2D eigenvalue weighted by atomic mass is 9.96. The molecule has 110 valence electrons. The third-order valence-electron chi connectivity index (χ3n) is 3.58. The molecule has 1 aliphatic rings. The SMILES string of the molecule is O=C1NCCCc2ccc(C(O)c3cc(Br)sc3Br)cc21. The molecule has 21 heavy (non-hydrogen) atoms. The van der Waals surface area contributed by atoms with Gasteiger partial charge in [0.25, 0.3) is 5.91 Å². The first-order valence-electron chi connectivity index (χ1n) is 6.60. The van der Waals surface area contributed by atoms with Crippen LogP contribution in [0.25, 0.3) is 0 Å². The van der Waals surface area contributed by atoms with Gasteiger partial charge in [0, 0.05) is 17.7 Å². The summed E-state index contributed by atoms with van der Waals surface area (Å²) in [4.78, 5) is 12.1. The average Bonchev–Trinajstić information content (AvgIpc) is 2.69. The second-order valence-corrected chi connectivity index (χ2v) is 8.71. The number of carbonyl (C=O) groups excluding carboxylic acids is 1. The van der Waals surface area contributed by atoms with Crippen molar-refractivity contribution in [3.05, 3.63) is 54.1 Å². The van der Waals surface area contributed by atoms with Crippen LogP contribution in [0, 0.1) is 0 Å². The number of aliphatic hydroxyl groups is 1. The molecule has 1 amide bonds. The summed E-state index contributed by atoms with van der Waals surface area (Å²) in [7, 11) is 0. The van der Waals surface area contributed by atoms with Crippen LogP contribution >= 0.6 is 43.2 Å². The van der Waals surface area contributed by atoms with E-state index in [-0.39, 0.29) is 5.91 Å². The zero-order valence-corrected chi connectivity index (χ0v) is 15.0. The Morgan fingerprint density at radius 3 is 2.81 bits per heavy atom. The highest BCUT2D eigenvalue weighted by molar-refractivity contribution is 9.12. The van der Waals surface area contributed by atoms with Crippen molar-refractivity contribution in [2.75, 3.05) is 6.54 Å². The van der Waals surface area contributed by atoms with Crippen LogP contribution in [0.5, 0.6) is 0 Å². The number of fused-ring (bicyclic) bond motifs is 1. The molecule has 0 saturated heterocycles. The Balaban J connectivity index is 2.00. The number of thiophene rings is 1. The average molecular weight is 431 g/mol. The van der Waals surface area contributed by atoms with Gasteiger partial charge < -0.3 is 10.4 Å². The Morgan fingerprint density at radius 1 is 1.29 bits per heavy atom. The van der Waals surface area contributed by atoms with Crippen LogP contribution in [-0.2, 0) is 6.42 Å². The largest absolute Gasteiger partial charge is 0.384 e. The van der Waals surface area contributed by atoms with E-state index in [1.165, 1.54) is 11.3 Å². The third kappa shape index (κ3) is 3.08. The number of carbonyl (C=O) groups is 1. The minimum atomic E-state index is -0.747. The van der Waals surface area contributed by atoms with Gasteiger partial charge in [-0.2, -0.15) is 0 Å². The number of benzene rings is 1. The fourth-order valence-corrected chi connectivity index (χ4v) is 5.37. The molecule has 0 aliphatic carbocycles. The number of hydrogen-bond donors (Lipinski definition) is 2. The standard InChI is InChI=1S/C15H13Br2NO2S/c16-12-7-11(14(17)21-12)13(19)9-4-3-8-2-1-5-18-15(20)10(8)6-9/h3-4,6-7,13,19H,1-2,5H2,(H,18,20). The van der Waals surface area contributed by atoms with E-state index < -0.39 is 6.10 Å². The summed E-state index contributed by atoms with van der Waals surface area (Å²) in [5.41, 5.74) is 3.26. The number of halogens is 2. The van der Waals surface area contributed by atoms with Crippen LogP contribution in [0.4, 0.5) is 0 Å². The fraction of sp³-hybridized carbons (Fsp3) is 0.267. The molecule has 1 atom stereocenters. The van der Waals surface area contributed by atoms with Crippen LogP contribution in [-0.4, -0.2) is 17.6 Å². The van der Waals surface area contributed by atoms with Gasteiger partial charge in [-0.15, -0.1) is 11.3 Å². The van der Waals surface area contributed by atoms with Gasteiger partial charge in [0.15, 0.2) is 0 Å². The summed E-state index contributed by atoms with van der Waals surface area (Å²) in [6, 6.07) is 7.55. The summed E-state index contributed by atoms with van der Waals surface area (Å²) in [6.07, 6.45) is 1.09. The molecule has 0 spiro atoms. The number of hydrogen-bond acceptors (Lipinski definition) is 3. The van der Waals surface area contributed by atoms with Crippen molar-refractivity contribution >= 4 is 49.1 Å². The maximum atomic E-state index is 12.1. The van der Waals surface area contributed by atoms with Crippen molar-refractivity contribution in [2.45, 2.75) is 18.9 Å². The van der Waals surface area contributed by atoms with E-state index in [4.69, 9.17) is 0 Å². The van der Waals surface area contributed by atoms with E-state index in [1.54, 1.807) is 6.07 Å². The van der Waals surface area contributed by atoms with Crippen LogP contribution in [0.3, 0.4) is 0 Å². The first-order valence-corrected chi connectivity index (χ1v) is 9.00. The van der Waals surface area contributed by atoms with Gasteiger partial charge in [0.2, 0.25) is 0 Å². The van der Waals surface area contributed by atoms with Gasteiger partial charge in [-0.05, 0) is 68.0 Å². The Bertz CT molecular complexity index is 699. The lowest BCUT2D eigenvalue weighted by molar-refractivity contribution is 0.0956. The first kappa shape index (κ1) is 15.2. The Morgan fingerprint density at radius 2 is 2.10 bits per heavy atom. The number of aliphatic hydroxyl groups excluding tert-OH is 1. The molecule has 0 saturated carbocycles. The van der Waals surface area contributed by atoms with Crippen LogP contribution < -0.4 is 5.32 Å². The summed E-state index contributed by atoms with van der Waals surface area (Å²) in [6.45, 7) is 0.703. The van der Waals surface area contributed by atoms with E-state index in [2.05, 4.69) is 37.2 Å². The normalized spacial score (nSPS) is 16.0. The smallest absolute Gasteiger partial charge is 0.251 e. The lowest BCUT2D eigenvalue weighted by Gasteiger charge is -2.13. The number of rotatable bonds is 2. The zero-order valence-electron chi connectivity index (χ0n) is 11.0. The van der Waals surface area contributed by atoms with E-state index in [0.717, 1.165) is 37.1 Å². The molecule has 1 aromatic heterocycles. The molecule has 0 bridgehead atoms. The second-order valence-electron chi connectivity index (χ2n) is 4.96. The van der Waals surface area contributed by atoms with Crippen LogP contribution in [0.2, 0.25) is 0 Å². The minimum Gasteiger partial charge on any atom is -0.384 e. The van der Waals surface area contributed by atoms with Gasteiger partial charge in [-0.25, -0.2) is 0 Å². The highest BCUT2D eigenvalue weighted by Crippen LogP contribution is 2.38. The maximum absolute atomic E-state index is 12.1. The molecule has 0 fully saturated rings. The maximum Gasteiger partial charge on any atom is 0.251 e. The fourth-order valence-electron chi connectivity index (χ4n) is 2.49. The predicted molar refractivity (Wildman–Crippen MR) is 90.9 cm³/mol. The highest BCUT2D eigenvalue weighted by Gasteiger charge is 2.20. The Hall–Kier alpha value is -0.690. The van der Waals surface area contributed by atoms with E-state index in [9.17, 15) is 9.90 Å². The zero-order chi connectivity index (χ0) is 15.0. The predicted octanol–water partition coefficient (Wildman–Crippen LogP) is 4.03. The van der Waals surface area contributed by atoms with Crippen molar-refractivity contribution < 1.29 is 9.90 Å². The van der Waals surface area contributed by atoms with Gasteiger partial charge in [0.1, 0.15) is 6.10 Å². The van der Waals surface area contributed by atoms with E-state index in [1.807, 2.05) is 18.2 Å². The van der Waals surface area contributed by atoms with Crippen molar-refractivity contribution in [3.8, 4) is 0 Å². The van der Waals surface area contributed by atoms with Crippen molar-refractivity contribution in [1.82, 2.24) is 5.32 Å². The Kier molecular flexibility index (Phi) is 4.49. The molecule has 2 N–H and O–H groups in total. The molecule has 3 nitrogen and oxygen atoms in total. The molecule has 1 unspecified atom stereocenters. The quantitative estimate of drug-likeness (QED) is 0.755. The lowest BCUT2D eigenvalue weighted by Crippen LogP contribution is -2.22. The summed E-state index contributed by atoms with van der Waals surface area (Å²) in [5.74, 6) is -0.0536. The monoisotopic (exact) mass is 429 g/mol. The van der Waals surface area contributed by atoms with Crippen LogP contribution in [0.1, 0.15) is 39.6 Å². The molecule has 1 aliphatic heterocycles. The summed E-state index contributed by atoms with van der Waals surface area (Å²) < 4.78 is 1.84. The number of nitrogens with one attached hydrogen (secondary N) is 1. The molecule has 1 aromatic carbocycles. The van der Waals surface area contributed by atoms with Crippen LogP contribution in [0.15, 0.2) is 31.8 Å². The molecular formula is C15H13Br2NO2S. The molecule has 6 heteroatoms. The van der Waals surface area contributed by atoms with Crippen molar-refractivity contribution in [2.24, 2.45) is 0 Å². The van der Waals surface area contributed by atoms with Gasteiger partial charge in [0.05, 0.1) is 7.57 Å². The number of aryl methyl sites for hydroxylation is 1. The summed E-state index contributed by atoms with van der Waals surface area (Å²) >= 11 is 8.40. The molecule has 3 rings (SSSR count). The van der Waals surface area contributed by atoms with Crippen molar-refractivity contribution in [1.29, 1.82) is 0 Å². The first-order chi connectivity index (χ1) is 10.1. The topological polar surface area (TPSA) is 49.3 Å². The molecule has 2 aromatic rings. The molecular weight excluding hydrogens is 418 g/mol. The molecule has 0 radical (unpaired) electrons. The highest BCUT2D eigenvalue weighted by atomic mass is 79.9. The second kappa shape index (κ2) is 6.20. The van der Waals surface area contributed by atoms with Gasteiger partial charge >= 0.3 is 0 Å². The van der Waals surface area contributed by atoms with Gasteiger partial charge in [-0.1, -0.05) is 12.1 Å². The van der Waals surface area contributed by atoms with Gasteiger partial charge in [-0.3, -0.25) is 4.79 Å². The van der Waals surface area contributed by atoms with E-state index >= 15 is 0 Å². The third-order valence-corrected chi connectivity index (χ3v) is 5.97. The minimum absolute atomic E-state index is 0.0536.